The van der Waals surface area contributed by atoms with Crippen LogP contribution in [0.5, 0.6) is 0 Å². The number of carbonyl (C=O) groups excluding carboxylic acids is 1. The van der Waals surface area contributed by atoms with Crippen LogP contribution in [-0.2, 0) is 4.79 Å². The third kappa shape index (κ3) is 2.97. The quantitative estimate of drug-likeness (QED) is 0.811. The monoisotopic (exact) mass is 235 g/mol. The van der Waals surface area contributed by atoms with Gasteiger partial charge in [0.05, 0.1) is 18.9 Å². The highest BCUT2D eigenvalue weighted by molar-refractivity contribution is 5.91. The van der Waals surface area contributed by atoms with Crippen LogP contribution < -0.4 is 0 Å². The number of rotatable bonds is 3. The molecular weight excluding hydrogens is 218 g/mol. The Morgan fingerprint density at radius 3 is 3.18 bits per heavy atom. The molecule has 1 aromatic rings. The molecule has 0 aromatic carbocycles. The summed E-state index contributed by atoms with van der Waals surface area (Å²) in [6.07, 6.45) is 7.71. The van der Waals surface area contributed by atoms with Crippen molar-refractivity contribution in [2.75, 3.05) is 13.2 Å². The van der Waals surface area contributed by atoms with Gasteiger partial charge in [-0.05, 0) is 37.5 Å². The van der Waals surface area contributed by atoms with Gasteiger partial charge in [0.1, 0.15) is 5.76 Å². The van der Waals surface area contributed by atoms with Crippen LogP contribution in [0.1, 0.15) is 25.0 Å². The van der Waals surface area contributed by atoms with E-state index in [1.54, 1.807) is 29.4 Å². The van der Waals surface area contributed by atoms with Gasteiger partial charge in [0.15, 0.2) is 0 Å². The molecule has 1 N–H and O–H groups in total. The zero-order chi connectivity index (χ0) is 12.1. The van der Waals surface area contributed by atoms with E-state index >= 15 is 0 Å². The lowest BCUT2D eigenvalue weighted by atomic mass is 10.0. The maximum atomic E-state index is 11.9. The lowest BCUT2D eigenvalue weighted by Crippen LogP contribution is -2.44. The maximum absolute atomic E-state index is 11.9. The number of amides is 1. The van der Waals surface area contributed by atoms with E-state index in [9.17, 15) is 9.90 Å². The highest BCUT2D eigenvalue weighted by atomic mass is 16.3. The molecule has 1 fully saturated rings. The molecule has 0 radical (unpaired) electrons. The van der Waals surface area contributed by atoms with Gasteiger partial charge in [-0.2, -0.15) is 0 Å². The Bertz CT molecular complexity index is 383. The van der Waals surface area contributed by atoms with Crippen molar-refractivity contribution in [1.29, 1.82) is 0 Å². The van der Waals surface area contributed by atoms with E-state index in [0.717, 1.165) is 25.8 Å². The average Bonchev–Trinajstić information content (AvgIpc) is 2.89. The van der Waals surface area contributed by atoms with Gasteiger partial charge in [-0.15, -0.1) is 0 Å². The number of aliphatic hydroxyl groups is 1. The summed E-state index contributed by atoms with van der Waals surface area (Å²) in [4.78, 5) is 13.7. The van der Waals surface area contributed by atoms with Crippen molar-refractivity contribution in [3.63, 3.8) is 0 Å². The van der Waals surface area contributed by atoms with Crippen molar-refractivity contribution < 1.29 is 14.3 Å². The minimum absolute atomic E-state index is 0.0301. The topological polar surface area (TPSA) is 53.7 Å². The summed E-state index contributed by atoms with van der Waals surface area (Å²) in [5.74, 6) is 0.607. The predicted molar refractivity (Wildman–Crippen MR) is 64.2 cm³/mol. The fraction of sp³-hybridized carbons (Fsp3) is 0.462. The molecule has 1 amide bonds. The highest BCUT2D eigenvalue weighted by Crippen LogP contribution is 2.17. The summed E-state index contributed by atoms with van der Waals surface area (Å²) in [7, 11) is 0. The summed E-state index contributed by atoms with van der Waals surface area (Å²) in [5, 5.41) is 9.23. The van der Waals surface area contributed by atoms with Gasteiger partial charge in [0.2, 0.25) is 5.91 Å². The molecule has 2 heterocycles. The van der Waals surface area contributed by atoms with Crippen LogP contribution in [0.15, 0.2) is 28.9 Å². The van der Waals surface area contributed by atoms with Crippen LogP contribution in [-0.4, -0.2) is 35.1 Å². The van der Waals surface area contributed by atoms with E-state index < -0.39 is 0 Å². The van der Waals surface area contributed by atoms with Crippen molar-refractivity contribution >= 4 is 12.0 Å². The molecule has 0 spiro atoms. The van der Waals surface area contributed by atoms with Crippen molar-refractivity contribution in [2.24, 2.45) is 0 Å². The van der Waals surface area contributed by atoms with Crippen molar-refractivity contribution in [3.05, 3.63) is 30.2 Å². The molecule has 2 rings (SSSR count). The number of carbonyl (C=O) groups is 1. The number of furan rings is 1. The largest absolute Gasteiger partial charge is 0.465 e. The summed E-state index contributed by atoms with van der Waals surface area (Å²) in [6, 6.07) is 3.54. The van der Waals surface area contributed by atoms with Crippen molar-refractivity contribution in [2.45, 2.75) is 25.3 Å². The second-order valence-electron chi connectivity index (χ2n) is 4.21. The zero-order valence-electron chi connectivity index (χ0n) is 9.71. The van der Waals surface area contributed by atoms with Crippen LogP contribution in [0.3, 0.4) is 0 Å². The molecule has 4 nitrogen and oxygen atoms in total. The van der Waals surface area contributed by atoms with Crippen molar-refractivity contribution in [1.82, 2.24) is 4.90 Å². The zero-order valence-corrected chi connectivity index (χ0v) is 9.71. The summed E-state index contributed by atoms with van der Waals surface area (Å²) >= 11 is 0. The molecule has 1 aliphatic rings. The van der Waals surface area contributed by atoms with E-state index in [1.807, 2.05) is 0 Å². The van der Waals surface area contributed by atoms with Gasteiger partial charge >= 0.3 is 0 Å². The van der Waals surface area contributed by atoms with Crippen LogP contribution >= 0.6 is 0 Å². The third-order valence-corrected chi connectivity index (χ3v) is 3.05. The summed E-state index contributed by atoms with van der Waals surface area (Å²) < 4.78 is 5.12. The fourth-order valence-electron chi connectivity index (χ4n) is 2.12. The van der Waals surface area contributed by atoms with Crippen LogP contribution in [0.25, 0.3) is 6.08 Å². The van der Waals surface area contributed by atoms with Gasteiger partial charge in [-0.25, -0.2) is 0 Å². The van der Waals surface area contributed by atoms with E-state index in [1.165, 1.54) is 6.08 Å². The Kier molecular flexibility index (Phi) is 3.98. The molecule has 92 valence electrons. The van der Waals surface area contributed by atoms with Gasteiger partial charge < -0.3 is 14.4 Å². The predicted octanol–water partition coefficient (Wildman–Crippen LogP) is 1.67. The minimum atomic E-state index is -0.0554. The molecular formula is C13H17NO3. The molecule has 1 aromatic heterocycles. The first kappa shape index (κ1) is 11.9. The molecule has 1 aliphatic heterocycles. The number of nitrogens with zero attached hydrogens (tertiary/aromatic N) is 1. The highest BCUT2D eigenvalue weighted by Gasteiger charge is 2.24. The lowest BCUT2D eigenvalue weighted by Gasteiger charge is -2.33. The standard InChI is InChI=1S/C13H17NO3/c15-10-11-4-1-2-8-14(11)13(16)7-6-12-5-3-9-17-12/h3,5-7,9,11,15H,1-2,4,8,10H2/b7-6+. The minimum Gasteiger partial charge on any atom is -0.465 e. The van der Waals surface area contributed by atoms with E-state index in [2.05, 4.69) is 0 Å². The second-order valence-corrected chi connectivity index (χ2v) is 4.21. The fourth-order valence-corrected chi connectivity index (χ4v) is 2.12. The third-order valence-electron chi connectivity index (χ3n) is 3.05. The van der Waals surface area contributed by atoms with Crippen LogP contribution in [0.2, 0.25) is 0 Å². The Balaban J connectivity index is 1.98. The molecule has 1 saturated heterocycles. The molecule has 1 unspecified atom stereocenters. The molecule has 4 heteroatoms. The van der Waals surface area contributed by atoms with E-state index in [0.29, 0.717) is 5.76 Å². The van der Waals surface area contributed by atoms with Gasteiger partial charge in [0, 0.05) is 12.6 Å². The lowest BCUT2D eigenvalue weighted by molar-refractivity contribution is -0.130. The maximum Gasteiger partial charge on any atom is 0.247 e. The smallest absolute Gasteiger partial charge is 0.247 e. The SMILES string of the molecule is O=C(/C=C/c1ccco1)N1CCCCC1CO. The Morgan fingerprint density at radius 2 is 2.47 bits per heavy atom. The van der Waals surface area contributed by atoms with E-state index in [-0.39, 0.29) is 18.6 Å². The first-order valence-corrected chi connectivity index (χ1v) is 5.94. The first-order valence-electron chi connectivity index (χ1n) is 5.94. The second kappa shape index (κ2) is 5.68. The number of piperidine rings is 1. The Labute approximate surface area is 101 Å². The molecule has 0 aliphatic carbocycles. The van der Waals surface area contributed by atoms with Crippen LogP contribution in [0.4, 0.5) is 0 Å². The number of aliphatic hydroxyl groups excluding tert-OH is 1. The van der Waals surface area contributed by atoms with Gasteiger partial charge in [-0.1, -0.05) is 0 Å². The molecule has 17 heavy (non-hydrogen) atoms. The van der Waals surface area contributed by atoms with Gasteiger partial charge in [0.25, 0.3) is 0 Å². The Hall–Kier alpha value is -1.55. The molecule has 1 atom stereocenters. The Morgan fingerprint density at radius 1 is 1.59 bits per heavy atom. The molecule has 0 bridgehead atoms. The van der Waals surface area contributed by atoms with Crippen molar-refractivity contribution in [3.8, 4) is 0 Å². The molecule has 0 saturated carbocycles. The number of hydrogen-bond donors (Lipinski definition) is 1. The number of likely N-dealkylation sites (tertiary alicyclic amines) is 1. The summed E-state index contributed by atoms with van der Waals surface area (Å²) in [6.45, 7) is 0.771. The van der Waals surface area contributed by atoms with E-state index in [4.69, 9.17) is 4.42 Å². The number of hydrogen-bond acceptors (Lipinski definition) is 3. The summed E-state index contributed by atoms with van der Waals surface area (Å²) in [5.41, 5.74) is 0. The normalized spacial score (nSPS) is 21.0. The average molecular weight is 235 g/mol. The van der Waals surface area contributed by atoms with Crippen LogP contribution in [0, 0.1) is 0 Å². The first-order chi connectivity index (χ1) is 8.31. The van der Waals surface area contributed by atoms with Gasteiger partial charge in [-0.3, -0.25) is 4.79 Å².